The molecule has 1 aliphatic heterocycles. The van der Waals surface area contributed by atoms with Crippen molar-refractivity contribution in [1.82, 2.24) is 10.2 Å². The number of hydrogen-bond donors (Lipinski definition) is 1. The van der Waals surface area contributed by atoms with E-state index in [0.29, 0.717) is 18.0 Å². The van der Waals surface area contributed by atoms with Crippen LogP contribution in [0.5, 0.6) is 0 Å². The van der Waals surface area contributed by atoms with E-state index in [1.807, 2.05) is 0 Å². The van der Waals surface area contributed by atoms with Gasteiger partial charge >= 0.3 is 0 Å². The van der Waals surface area contributed by atoms with Crippen LogP contribution >= 0.6 is 0 Å². The van der Waals surface area contributed by atoms with Crippen LogP contribution in [0.3, 0.4) is 0 Å². The number of nitrogens with zero attached hydrogens (tertiary/aromatic N) is 1. The maximum atomic E-state index is 12.7. The standard InChI is InChI=1S/C15H26N2O/c1-11(2)9-13-16-15(7-3-4-8-15)14(18)17(13)10-12-5-6-12/h11-13,16H,3-10H2,1-2H3. The fourth-order valence-electron chi connectivity index (χ4n) is 3.63. The van der Waals surface area contributed by atoms with Crippen LogP contribution < -0.4 is 5.32 Å². The first-order chi connectivity index (χ1) is 8.61. The molecule has 3 fully saturated rings. The first-order valence-corrected chi connectivity index (χ1v) is 7.69. The molecule has 3 rings (SSSR count). The van der Waals surface area contributed by atoms with E-state index in [1.165, 1.54) is 25.7 Å². The molecule has 0 aromatic carbocycles. The van der Waals surface area contributed by atoms with Gasteiger partial charge in [-0.25, -0.2) is 0 Å². The van der Waals surface area contributed by atoms with E-state index in [0.717, 1.165) is 31.7 Å². The molecule has 1 N–H and O–H groups in total. The first-order valence-electron chi connectivity index (χ1n) is 7.69. The van der Waals surface area contributed by atoms with Crippen molar-refractivity contribution in [3.8, 4) is 0 Å². The minimum atomic E-state index is -0.172. The monoisotopic (exact) mass is 250 g/mol. The van der Waals surface area contributed by atoms with Crippen molar-refractivity contribution < 1.29 is 4.79 Å². The molecule has 102 valence electrons. The maximum Gasteiger partial charge on any atom is 0.244 e. The van der Waals surface area contributed by atoms with Crippen molar-refractivity contribution in [1.29, 1.82) is 0 Å². The quantitative estimate of drug-likeness (QED) is 0.831. The molecule has 2 aliphatic carbocycles. The molecule has 1 heterocycles. The zero-order valence-electron chi connectivity index (χ0n) is 11.7. The third-order valence-electron chi connectivity index (χ3n) is 4.79. The zero-order chi connectivity index (χ0) is 12.8. The number of carbonyl (C=O) groups excluding carboxylic acids is 1. The van der Waals surface area contributed by atoms with Crippen molar-refractivity contribution in [2.75, 3.05) is 6.54 Å². The Morgan fingerprint density at radius 3 is 2.56 bits per heavy atom. The zero-order valence-corrected chi connectivity index (χ0v) is 11.7. The van der Waals surface area contributed by atoms with Crippen LogP contribution in [-0.4, -0.2) is 29.1 Å². The summed E-state index contributed by atoms with van der Waals surface area (Å²) in [6.07, 6.45) is 8.59. The Hall–Kier alpha value is -0.570. The van der Waals surface area contributed by atoms with Gasteiger partial charge in [0.2, 0.25) is 5.91 Å². The van der Waals surface area contributed by atoms with Crippen LogP contribution in [0.15, 0.2) is 0 Å². The second kappa shape index (κ2) is 4.52. The van der Waals surface area contributed by atoms with Crippen molar-refractivity contribution in [2.45, 2.75) is 70.5 Å². The van der Waals surface area contributed by atoms with Crippen molar-refractivity contribution in [2.24, 2.45) is 11.8 Å². The highest BCUT2D eigenvalue weighted by Crippen LogP contribution is 2.40. The normalized spacial score (nSPS) is 30.9. The Balaban J connectivity index is 1.75. The lowest BCUT2D eigenvalue weighted by atomic mass is 9.98. The fraction of sp³-hybridized carbons (Fsp3) is 0.933. The number of nitrogens with one attached hydrogen (secondary N) is 1. The average molecular weight is 250 g/mol. The molecule has 1 atom stereocenters. The van der Waals surface area contributed by atoms with Gasteiger partial charge in [0.25, 0.3) is 0 Å². The average Bonchev–Trinajstić information content (AvgIpc) is 2.95. The molecule has 18 heavy (non-hydrogen) atoms. The van der Waals surface area contributed by atoms with Gasteiger partial charge in [-0.05, 0) is 43.9 Å². The summed E-state index contributed by atoms with van der Waals surface area (Å²) in [6.45, 7) is 5.51. The van der Waals surface area contributed by atoms with E-state index in [2.05, 4.69) is 24.1 Å². The van der Waals surface area contributed by atoms with Crippen molar-refractivity contribution in [3.63, 3.8) is 0 Å². The summed E-state index contributed by atoms with van der Waals surface area (Å²) >= 11 is 0. The summed E-state index contributed by atoms with van der Waals surface area (Å²) in [6, 6.07) is 0. The molecule has 3 heteroatoms. The fourth-order valence-corrected chi connectivity index (χ4v) is 3.63. The van der Waals surface area contributed by atoms with Crippen molar-refractivity contribution in [3.05, 3.63) is 0 Å². The maximum absolute atomic E-state index is 12.7. The molecule has 1 spiro atoms. The SMILES string of the molecule is CC(C)CC1NC2(CCCC2)C(=O)N1CC1CC1. The Bertz CT molecular complexity index is 329. The summed E-state index contributed by atoms with van der Waals surface area (Å²) < 4.78 is 0. The summed E-state index contributed by atoms with van der Waals surface area (Å²) in [4.78, 5) is 14.9. The van der Waals surface area contributed by atoms with E-state index in [4.69, 9.17) is 0 Å². The minimum absolute atomic E-state index is 0.172. The predicted molar refractivity (Wildman–Crippen MR) is 72.0 cm³/mol. The van der Waals surface area contributed by atoms with Crippen LogP contribution in [0.1, 0.15) is 58.8 Å². The second-order valence-electron chi connectivity index (χ2n) is 6.98. The van der Waals surface area contributed by atoms with Gasteiger partial charge in [0.15, 0.2) is 0 Å². The third kappa shape index (κ3) is 2.18. The van der Waals surface area contributed by atoms with E-state index in [-0.39, 0.29) is 5.54 Å². The van der Waals surface area contributed by atoms with Crippen LogP contribution in [0, 0.1) is 11.8 Å². The molecule has 1 amide bonds. The molecule has 2 saturated carbocycles. The van der Waals surface area contributed by atoms with Crippen LogP contribution in [0.4, 0.5) is 0 Å². The van der Waals surface area contributed by atoms with Gasteiger partial charge in [-0.3, -0.25) is 10.1 Å². The highest BCUT2D eigenvalue weighted by molar-refractivity contribution is 5.89. The molecule has 1 saturated heterocycles. The second-order valence-corrected chi connectivity index (χ2v) is 6.98. The summed E-state index contributed by atoms with van der Waals surface area (Å²) in [5.74, 6) is 1.85. The lowest BCUT2D eigenvalue weighted by Gasteiger charge is -2.25. The van der Waals surface area contributed by atoms with Gasteiger partial charge in [-0.2, -0.15) is 0 Å². The van der Waals surface area contributed by atoms with Crippen molar-refractivity contribution >= 4 is 5.91 Å². The van der Waals surface area contributed by atoms with E-state index in [1.54, 1.807) is 0 Å². The molecule has 0 aromatic rings. The Kier molecular flexibility index (Phi) is 3.13. The summed E-state index contributed by atoms with van der Waals surface area (Å²) in [5, 5.41) is 3.71. The lowest BCUT2D eigenvalue weighted by Crippen LogP contribution is -2.44. The van der Waals surface area contributed by atoms with Gasteiger partial charge in [-0.1, -0.05) is 26.7 Å². The van der Waals surface area contributed by atoms with Gasteiger partial charge in [-0.15, -0.1) is 0 Å². The van der Waals surface area contributed by atoms with Gasteiger partial charge in [0.05, 0.1) is 11.7 Å². The number of amides is 1. The molecule has 3 nitrogen and oxygen atoms in total. The molecule has 3 aliphatic rings. The number of hydrogen-bond acceptors (Lipinski definition) is 2. The Morgan fingerprint density at radius 1 is 1.33 bits per heavy atom. The molecular formula is C15H26N2O. The van der Waals surface area contributed by atoms with Gasteiger partial charge < -0.3 is 4.90 Å². The summed E-state index contributed by atoms with van der Waals surface area (Å²) in [7, 11) is 0. The predicted octanol–water partition coefficient (Wildman–Crippen LogP) is 2.51. The van der Waals surface area contributed by atoms with Crippen LogP contribution in [0.25, 0.3) is 0 Å². The smallest absolute Gasteiger partial charge is 0.244 e. The van der Waals surface area contributed by atoms with E-state index < -0.39 is 0 Å². The first kappa shape index (κ1) is 12.5. The number of rotatable bonds is 4. The molecule has 0 radical (unpaired) electrons. The van der Waals surface area contributed by atoms with E-state index >= 15 is 0 Å². The topological polar surface area (TPSA) is 32.3 Å². The highest BCUT2D eigenvalue weighted by Gasteiger charge is 2.52. The highest BCUT2D eigenvalue weighted by atomic mass is 16.2. The largest absolute Gasteiger partial charge is 0.325 e. The van der Waals surface area contributed by atoms with Crippen LogP contribution in [-0.2, 0) is 4.79 Å². The Morgan fingerprint density at radius 2 is 2.00 bits per heavy atom. The molecule has 0 bridgehead atoms. The summed E-state index contributed by atoms with van der Waals surface area (Å²) in [5.41, 5.74) is -0.172. The van der Waals surface area contributed by atoms with Gasteiger partial charge in [0.1, 0.15) is 0 Å². The molecule has 1 unspecified atom stereocenters. The third-order valence-corrected chi connectivity index (χ3v) is 4.79. The molecular weight excluding hydrogens is 224 g/mol. The Labute approximate surface area is 110 Å². The number of carbonyl (C=O) groups is 1. The van der Waals surface area contributed by atoms with E-state index in [9.17, 15) is 4.79 Å². The minimum Gasteiger partial charge on any atom is -0.325 e. The lowest BCUT2D eigenvalue weighted by molar-refractivity contribution is -0.133. The van der Waals surface area contributed by atoms with Crippen LogP contribution in [0.2, 0.25) is 0 Å². The van der Waals surface area contributed by atoms with Gasteiger partial charge in [0, 0.05) is 6.54 Å². The molecule has 0 aromatic heterocycles.